The monoisotopic (exact) mass is 275 g/mol. The van der Waals surface area contributed by atoms with E-state index >= 15 is 0 Å². The minimum atomic E-state index is 0.823. The van der Waals surface area contributed by atoms with Crippen LogP contribution in [0.25, 0.3) is 10.2 Å². The van der Waals surface area contributed by atoms with Gasteiger partial charge in [-0.1, -0.05) is 31.1 Å². The van der Waals surface area contributed by atoms with Crippen molar-refractivity contribution in [3.8, 4) is 0 Å². The molecular weight excluding hydrogens is 254 g/mol. The van der Waals surface area contributed by atoms with Crippen molar-refractivity contribution in [2.45, 2.75) is 32.6 Å². The molecule has 0 atom stereocenters. The number of hydrogen-bond acceptors (Lipinski definition) is 4. The van der Waals surface area contributed by atoms with Gasteiger partial charge >= 0.3 is 0 Å². The van der Waals surface area contributed by atoms with Gasteiger partial charge in [0.1, 0.15) is 0 Å². The highest BCUT2D eigenvalue weighted by Crippen LogP contribution is 2.33. The van der Waals surface area contributed by atoms with Crippen LogP contribution in [-0.4, -0.2) is 18.1 Å². The summed E-state index contributed by atoms with van der Waals surface area (Å²) in [4.78, 5) is 7.17. The average molecular weight is 275 g/mol. The SMILES string of the molecule is CCCC1CCN(c2nc3ccc(N)cc3s2)CC1. The quantitative estimate of drug-likeness (QED) is 0.864. The third kappa shape index (κ3) is 2.68. The van der Waals surface area contributed by atoms with Gasteiger partial charge in [-0.05, 0) is 37.0 Å². The number of fused-ring (bicyclic) bond motifs is 1. The average Bonchev–Trinajstić information content (AvgIpc) is 2.83. The van der Waals surface area contributed by atoms with Crippen LogP contribution in [0.4, 0.5) is 10.8 Å². The normalized spacial score (nSPS) is 17.2. The van der Waals surface area contributed by atoms with Crippen molar-refractivity contribution < 1.29 is 0 Å². The van der Waals surface area contributed by atoms with Crippen molar-refractivity contribution in [1.82, 2.24) is 4.98 Å². The Labute approximate surface area is 118 Å². The molecule has 1 saturated heterocycles. The molecule has 3 rings (SSSR count). The van der Waals surface area contributed by atoms with Gasteiger partial charge in [-0.2, -0.15) is 0 Å². The van der Waals surface area contributed by atoms with E-state index in [2.05, 4.69) is 11.8 Å². The van der Waals surface area contributed by atoms with E-state index in [1.54, 1.807) is 11.3 Å². The molecule has 0 spiro atoms. The first-order valence-electron chi connectivity index (χ1n) is 7.17. The molecule has 1 fully saturated rings. The van der Waals surface area contributed by atoms with Gasteiger partial charge in [-0.3, -0.25) is 0 Å². The van der Waals surface area contributed by atoms with Crippen molar-refractivity contribution in [3.63, 3.8) is 0 Å². The van der Waals surface area contributed by atoms with Crippen LogP contribution in [0.3, 0.4) is 0 Å². The summed E-state index contributed by atoms with van der Waals surface area (Å²) in [7, 11) is 0. The lowest BCUT2D eigenvalue weighted by Gasteiger charge is -2.31. The predicted octanol–water partition coefficient (Wildman–Crippen LogP) is 3.90. The second kappa shape index (κ2) is 5.37. The van der Waals surface area contributed by atoms with Gasteiger partial charge in [0.15, 0.2) is 5.13 Å². The smallest absolute Gasteiger partial charge is 0.186 e. The molecular formula is C15H21N3S. The summed E-state index contributed by atoms with van der Waals surface area (Å²) in [6, 6.07) is 5.98. The number of nitrogen functional groups attached to an aromatic ring is 1. The third-order valence-corrected chi connectivity index (χ3v) is 5.06. The van der Waals surface area contributed by atoms with E-state index in [0.717, 1.165) is 35.3 Å². The fourth-order valence-electron chi connectivity index (χ4n) is 2.89. The lowest BCUT2D eigenvalue weighted by molar-refractivity contribution is 0.378. The van der Waals surface area contributed by atoms with Crippen LogP contribution in [0.1, 0.15) is 32.6 Å². The Kier molecular flexibility index (Phi) is 3.60. The summed E-state index contributed by atoms with van der Waals surface area (Å²) in [5.74, 6) is 0.922. The van der Waals surface area contributed by atoms with Gasteiger partial charge in [0.25, 0.3) is 0 Å². The summed E-state index contributed by atoms with van der Waals surface area (Å²) in [6.07, 6.45) is 5.31. The van der Waals surface area contributed by atoms with Gasteiger partial charge in [-0.25, -0.2) is 4.98 Å². The number of nitrogens with two attached hydrogens (primary N) is 1. The lowest BCUT2D eigenvalue weighted by Crippen LogP contribution is -2.33. The Bertz CT molecular complexity index is 556. The molecule has 1 aromatic heterocycles. The maximum Gasteiger partial charge on any atom is 0.186 e. The number of aromatic nitrogens is 1. The highest BCUT2D eigenvalue weighted by molar-refractivity contribution is 7.22. The van der Waals surface area contributed by atoms with Gasteiger partial charge in [0, 0.05) is 18.8 Å². The van der Waals surface area contributed by atoms with Crippen molar-refractivity contribution in [3.05, 3.63) is 18.2 Å². The van der Waals surface area contributed by atoms with Crippen molar-refractivity contribution in [2.75, 3.05) is 23.7 Å². The van der Waals surface area contributed by atoms with E-state index in [1.807, 2.05) is 18.2 Å². The highest BCUT2D eigenvalue weighted by Gasteiger charge is 2.20. The van der Waals surface area contributed by atoms with Gasteiger partial charge in [0.2, 0.25) is 0 Å². The molecule has 1 aromatic carbocycles. The summed E-state index contributed by atoms with van der Waals surface area (Å²) >= 11 is 1.77. The molecule has 0 saturated carbocycles. The Morgan fingerprint density at radius 3 is 2.89 bits per heavy atom. The fourth-order valence-corrected chi connectivity index (χ4v) is 3.95. The zero-order valence-corrected chi connectivity index (χ0v) is 12.2. The number of rotatable bonds is 3. The Hall–Kier alpha value is -1.29. The molecule has 0 unspecified atom stereocenters. The largest absolute Gasteiger partial charge is 0.399 e. The zero-order valence-electron chi connectivity index (χ0n) is 11.4. The molecule has 102 valence electrons. The molecule has 0 aliphatic carbocycles. The summed E-state index contributed by atoms with van der Waals surface area (Å²) in [5.41, 5.74) is 7.73. The molecule has 1 aliphatic heterocycles. The summed E-state index contributed by atoms with van der Waals surface area (Å²) in [6.45, 7) is 4.59. The van der Waals surface area contributed by atoms with E-state index in [-0.39, 0.29) is 0 Å². The minimum absolute atomic E-state index is 0.823. The first-order valence-corrected chi connectivity index (χ1v) is 7.99. The first-order chi connectivity index (χ1) is 9.26. The van der Waals surface area contributed by atoms with Crippen molar-refractivity contribution in [1.29, 1.82) is 0 Å². The van der Waals surface area contributed by atoms with Crippen LogP contribution >= 0.6 is 11.3 Å². The molecule has 2 heterocycles. The second-order valence-corrected chi connectivity index (χ2v) is 6.45. The molecule has 0 radical (unpaired) electrons. The Balaban J connectivity index is 1.74. The van der Waals surface area contributed by atoms with Gasteiger partial charge < -0.3 is 10.6 Å². The van der Waals surface area contributed by atoms with Crippen molar-refractivity contribution in [2.24, 2.45) is 5.92 Å². The van der Waals surface area contributed by atoms with Gasteiger partial charge in [0.05, 0.1) is 10.2 Å². The molecule has 2 aromatic rings. The minimum Gasteiger partial charge on any atom is -0.399 e. The molecule has 1 aliphatic rings. The van der Waals surface area contributed by atoms with Crippen molar-refractivity contribution >= 4 is 32.4 Å². The van der Waals surface area contributed by atoms with Gasteiger partial charge in [-0.15, -0.1) is 0 Å². The lowest BCUT2D eigenvalue weighted by atomic mass is 9.93. The molecule has 19 heavy (non-hydrogen) atoms. The zero-order chi connectivity index (χ0) is 13.2. The third-order valence-electron chi connectivity index (χ3n) is 3.98. The van der Waals surface area contributed by atoms with E-state index in [0.29, 0.717) is 0 Å². The van der Waals surface area contributed by atoms with E-state index in [4.69, 9.17) is 10.7 Å². The number of piperidine rings is 1. The Morgan fingerprint density at radius 2 is 2.16 bits per heavy atom. The van der Waals surface area contributed by atoms with E-state index in [1.165, 1.54) is 30.4 Å². The predicted molar refractivity (Wildman–Crippen MR) is 83.9 cm³/mol. The van der Waals surface area contributed by atoms with Crippen LogP contribution in [0.2, 0.25) is 0 Å². The standard InChI is InChI=1S/C15H21N3S/c1-2-3-11-6-8-18(9-7-11)15-17-13-5-4-12(16)10-14(13)19-15/h4-5,10-11H,2-3,6-9,16H2,1H3. The summed E-state index contributed by atoms with van der Waals surface area (Å²) < 4.78 is 1.20. The van der Waals surface area contributed by atoms with E-state index < -0.39 is 0 Å². The number of benzene rings is 1. The number of thiazole rings is 1. The van der Waals surface area contributed by atoms with Crippen LogP contribution in [0.15, 0.2) is 18.2 Å². The molecule has 0 amide bonds. The molecule has 4 heteroatoms. The number of nitrogens with zero attached hydrogens (tertiary/aromatic N) is 2. The van der Waals surface area contributed by atoms with Crippen LogP contribution in [0.5, 0.6) is 0 Å². The Morgan fingerprint density at radius 1 is 1.37 bits per heavy atom. The topological polar surface area (TPSA) is 42.2 Å². The first kappa shape index (κ1) is 12.7. The van der Waals surface area contributed by atoms with Crippen LogP contribution in [0, 0.1) is 5.92 Å². The molecule has 3 nitrogen and oxygen atoms in total. The van der Waals surface area contributed by atoms with E-state index in [9.17, 15) is 0 Å². The highest BCUT2D eigenvalue weighted by atomic mass is 32.1. The van der Waals surface area contributed by atoms with Crippen LogP contribution in [-0.2, 0) is 0 Å². The maximum atomic E-state index is 5.83. The molecule has 2 N–H and O–H groups in total. The summed E-state index contributed by atoms with van der Waals surface area (Å²) in [5, 5.41) is 1.16. The number of anilines is 2. The second-order valence-electron chi connectivity index (χ2n) is 5.44. The maximum absolute atomic E-state index is 5.83. The number of hydrogen-bond donors (Lipinski definition) is 1. The fraction of sp³-hybridized carbons (Fsp3) is 0.533. The van der Waals surface area contributed by atoms with Crippen LogP contribution < -0.4 is 10.6 Å². The molecule has 0 bridgehead atoms.